The Labute approximate surface area is 468 Å². The lowest BCUT2D eigenvalue weighted by atomic mass is 10.0. The van der Waals surface area contributed by atoms with Crippen molar-refractivity contribution in [2.45, 2.75) is 244 Å². The molecule has 1 amide bonds. The highest BCUT2D eigenvalue weighted by Gasteiger charge is 2.27. The minimum Gasteiger partial charge on any atom is -0.387 e. The molecule has 8 nitrogen and oxygen atoms in total. The lowest BCUT2D eigenvalue weighted by Crippen LogP contribution is -2.45. The van der Waals surface area contributed by atoms with Gasteiger partial charge in [-0.1, -0.05) is 257 Å². The number of unbranched alkanes of at least 4 members (excludes halogenated alkanes) is 21. The van der Waals surface area contributed by atoms with Gasteiger partial charge in [-0.15, -0.1) is 0 Å². The van der Waals surface area contributed by atoms with Crippen LogP contribution in [0, 0.1) is 0 Å². The quantitative estimate of drug-likeness (QED) is 0.0243. The molecule has 0 bridgehead atoms. The highest BCUT2D eigenvalue weighted by Crippen LogP contribution is 2.43. The Bertz CT molecular complexity index is 1700. The van der Waals surface area contributed by atoms with E-state index in [1.54, 1.807) is 6.08 Å². The second-order valence-corrected chi connectivity index (χ2v) is 22.8. The Balaban J connectivity index is 4.35. The number of quaternary nitrogens is 1. The molecule has 0 aliphatic rings. The average Bonchev–Trinajstić information content (AvgIpc) is 3.38. The van der Waals surface area contributed by atoms with Gasteiger partial charge in [-0.05, 0) is 103 Å². The molecule has 434 valence electrons. The molecule has 0 aromatic rings. The number of amides is 1. The van der Waals surface area contributed by atoms with Crippen molar-refractivity contribution in [1.82, 2.24) is 5.32 Å². The number of carbonyl (C=O) groups excluding carboxylic acids is 1. The Morgan fingerprint density at radius 3 is 1.21 bits per heavy atom. The molecule has 3 N–H and O–H groups in total. The van der Waals surface area contributed by atoms with E-state index < -0.39 is 20.0 Å². The van der Waals surface area contributed by atoms with E-state index in [-0.39, 0.29) is 19.1 Å². The maximum Gasteiger partial charge on any atom is 0.472 e. The molecule has 0 aromatic carbocycles. The van der Waals surface area contributed by atoms with Crippen molar-refractivity contribution in [3.8, 4) is 0 Å². The molecule has 0 aromatic heterocycles. The first-order valence-corrected chi connectivity index (χ1v) is 32.1. The van der Waals surface area contributed by atoms with Crippen LogP contribution >= 0.6 is 7.82 Å². The van der Waals surface area contributed by atoms with Gasteiger partial charge in [-0.2, -0.15) is 0 Å². The van der Waals surface area contributed by atoms with Crippen LogP contribution in [0.15, 0.2) is 134 Å². The summed E-state index contributed by atoms with van der Waals surface area (Å²) >= 11 is 0. The minimum absolute atomic E-state index is 0.0418. The van der Waals surface area contributed by atoms with Crippen LogP contribution in [0.5, 0.6) is 0 Å². The SMILES string of the molecule is CC/C=C\C/C=C\C/C=C\C/C=C\C/C=C\C/C=C\C/C=C\C/C=C\C/C=C\CCCCCC(=O)NC(COP(=O)(O)OCC[N+](C)(C)C)C(O)/C=C/CC/C=C/CCCCCCCCCCCCCCCCCCC. The van der Waals surface area contributed by atoms with E-state index in [0.29, 0.717) is 23.9 Å². The summed E-state index contributed by atoms with van der Waals surface area (Å²) in [5.74, 6) is -0.223. The van der Waals surface area contributed by atoms with Crippen LogP contribution in [0.3, 0.4) is 0 Å². The van der Waals surface area contributed by atoms with E-state index in [1.165, 1.54) is 109 Å². The van der Waals surface area contributed by atoms with Crippen LogP contribution < -0.4 is 5.32 Å². The Kier molecular flexibility index (Phi) is 53.9. The van der Waals surface area contributed by atoms with Gasteiger partial charge in [0.2, 0.25) is 5.91 Å². The number of nitrogens with one attached hydrogen (secondary N) is 1. The van der Waals surface area contributed by atoms with Crippen molar-refractivity contribution >= 4 is 13.7 Å². The standard InChI is InChI=1S/C67H115N2O6P/c1-6-8-10-12-14-16-18-20-22-24-26-28-30-31-32-33-34-35-36-37-39-41-43-45-47-49-51-53-55-57-59-61-67(71)68-65(64-75-76(72,73)74-63-62-69(3,4)5)66(70)60-58-56-54-52-50-48-46-44-42-40-38-29-27-25-23-21-19-17-15-13-11-9-7-2/h8,10,14,16,20,22,26,28,31-32,34-35,37,39,43,45,49-52,58,60,65-66,70H,6-7,9,11-13,15,17-19,21,23-25,27,29-30,33,36,38,40-42,44,46-48,53-57,59,61-64H2,1-5H3,(H-,68,71,72,73)/p+1/b10-8-,16-14-,22-20-,28-26-,32-31-,35-34-,39-37-,45-43-,51-49-,52-50+,60-58+. The number of allylic oxidation sites excluding steroid dienone is 21. The van der Waals surface area contributed by atoms with Crippen LogP contribution in [0.2, 0.25) is 0 Å². The van der Waals surface area contributed by atoms with Crippen molar-refractivity contribution in [3.05, 3.63) is 134 Å². The van der Waals surface area contributed by atoms with Gasteiger partial charge in [0.25, 0.3) is 0 Å². The Hall–Kier alpha value is -3.36. The minimum atomic E-state index is -4.38. The molecule has 0 fully saturated rings. The number of nitrogens with zero attached hydrogens (tertiary/aromatic N) is 1. The van der Waals surface area contributed by atoms with Gasteiger partial charge in [0, 0.05) is 6.42 Å². The number of likely N-dealkylation sites (N-methyl/N-ethyl adjacent to an activating group) is 1. The van der Waals surface area contributed by atoms with E-state index in [4.69, 9.17) is 9.05 Å². The summed E-state index contributed by atoms with van der Waals surface area (Å²) in [5, 5.41) is 13.9. The number of rotatable bonds is 54. The molecule has 76 heavy (non-hydrogen) atoms. The number of carbonyl (C=O) groups is 1. The molecule has 3 atom stereocenters. The second-order valence-electron chi connectivity index (χ2n) is 21.3. The zero-order valence-corrected chi connectivity index (χ0v) is 50.3. The number of phosphoric ester groups is 1. The molecular weight excluding hydrogens is 960 g/mol. The molecular formula is C67H116N2O6P+. The van der Waals surface area contributed by atoms with Crippen LogP contribution in [0.25, 0.3) is 0 Å². The van der Waals surface area contributed by atoms with E-state index in [2.05, 4.69) is 141 Å². The zero-order chi connectivity index (χ0) is 55.6. The van der Waals surface area contributed by atoms with Gasteiger partial charge in [0.15, 0.2) is 0 Å². The summed E-state index contributed by atoms with van der Waals surface area (Å²) in [7, 11) is 1.51. The number of aliphatic hydroxyl groups is 1. The van der Waals surface area contributed by atoms with Crippen LogP contribution in [0.4, 0.5) is 0 Å². The predicted molar refractivity (Wildman–Crippen MR) is 331 cm³/mol. The number of phosphoric acid groups is 1. The van der Waals surface area contributed by atoms with Gasteiger partial charge < -0.3 is 19.8 Å². The molecule has 0 spiro atoms. The van der Waals surface area contributed by atoms with Gasteiger partial charge in [0.05, 0.1) is 39.9 Å². The highest BCUT2D eigenvalue weighted by atomic mass is 31.2. The van der Waals surface area contributed by atoms with Crippen LogP contribution in [-0.2, 0) is 18.4 Å². The summed E-state index contributed by atoms with van der Waals surface area (Å²) in [6.07, 6.45) is 85.7. The van der Waals surface area contributed by atoms with Crippen molar-refractivity contribution < 1.29 is 32.9 Å². The molecule has 0 heterocycles. The Morgan fingerprint density at radius 1 is 0.461 bits per heavy atom. The maximum atomic E-state index is 13.0. The Morgan fingerprint density at radius 2 is 0.803 bits per heavy atom. The molecule has 3 unspecified atom stereocenters. The molecule has 0 aliphatic carbocycles. The summed E-state index contributed by atoms with van der Waals surface area (Å²) < 4.78 is 23.7. The average molecular weight is 1080 g/mol. The van der Waals surface area contributed by atoms with Gasteiger partial charge >= 0.3 is 7.82 Å². The molecule has 0 rings (SSSR count). The topological polar surface area (TPSA) is 105 Å². The summed E-state index contributed by atoms with van der Waals surface area (Å²) in [4.78, 5) is 23.3. The van der Waals surface area contributed by atoms with Gasteiger partial charge in [0.1, 0.15) is 13.2 Å². The third-order valence-corrected chi connectivity index (χ3v) is 13.8. The van der Waals surface area contributed by atoms with Gasteiger partial charge in [-0.3, -0.25) is 13.8 Å². The van der Waals surface area contributed by atoms with E-state index in [9.17, 15) is 19.4 Å². The third-order valence-electron chi connectivity index (χ3n) is 12.9. The monoisotopic (exact) mass is 1080 g/mol. The fourth-order valence-corrected chi connectivity index (χ4v) is 8.84. The second kappa shape index (κ2) is 56.4. The van der Waals surface area contributed by atoms with E-state index in [0.717, 1.165) is 96.3 Å². The van der Waals surface area contributed by atoms with Crippen LogP contribution in [0.1, 0.15) is 232 Å². The fourth-order valence-electron chi connectivity index (χ4n) is 8.11. The largest absolute Gasteiger partial charge is 0.472 e. The summed E-state index contributed by atoms with van der Waals surface area (Å²) in [6.45, 7) is 4.65. The first kappa shape index (κ1) is 72.6. The van der Waals surface area contributed by atoms with Crippen molar-refractivity contribution in [2.24, 2.45) is 0 Å². The van der Waals surface area contributed by atoms with Gasteiger partial charge in [-0.25, -0.2) is 4.57 Å². The van der Waals surface area contributed by atoms with E-state index in [1.807, 2.05) is 27.2 Å². The fraction of sp³-hybridized carbons (Fsp3) is 0.657. The zero-order valence-electron chi connectivity index (χ0n) is 49.4. The van der Waals surface area contributed by atoms with Crippen molar-refractivity contribution in [2.75, 3.05) is 40.9 Å². The maximum absolute atomic E-state index is 13.0. The first-order chi connectivity index (χ1) is 37.0. The smallest absolute Gasteiger partial charge is 0.387 e. The highest BCUT2D eigenvalue weighted by molar-refractivity contribution is 7.47. The first-order valence-electron chi connectivity index (χ1n) is 30.6. The number of aliphatic hydroxyl groups excluding tert-OH is 1. The molecule has 0 saturated heterocycles. The molecule has 9 heteroatoms. The molecule has 0 saturated carbocycles. The van der Waals surface area contributed by atoms with E-state index >= 15 is 0 Å². The lowest BCUT2D eigenvalue weighted by Gasteiger charge is -2.25. The van der Waals surface area contributed by atoms with Crippen molar-refractivity contribution in [3.63, 3.8) is 0 Å². The third kappa shape index (κ3) is 58.3. The normalized spacial score (nSPS) is 14.8. The molecule has 0 aliphatic heterocycles. The predicted octanol–water partition coefficient (Wildman–Crippen LogP) is 19.1. The van der Waals surface area contributed by atoms with Crippen molar-refractivity contribution in [1.29, 1.82) is 0 Å². The number of hydrogen-bond donors (Lipinski definition) is 3. The summed E-state index contributed by atoms with van der Waals surface area (Å²) in [6, 6.07) is -0.893. The lowest BCUT2D eigenvalue weighted by molar-refractivity contribution is -0.870. The van der Waals surface area contributed by atoms with Crippen LogP contribution in [-0.4, -0.2) is 73.4 Å². The number of hydrogen-bond acceptors (Lipinski definition) is 5. The molecule has 0 radical (unpaired) electrons. The summed E-state index contributed by atoms with van der Waals surface area (Å²) in [5.41, 5.74) is 0.